The van der Waals surface area contributed by atoms with Gasteiger partial charge in [0.25, 0.3) is 0 Å². The molecule has 0 atom stereocenters. The molecule has 4 aromatic rings. The van der Waals surface area contributed by atoms with E-state index in [1.54, 1.807) is 6.20 Å². The number of hydrogen-bond acceptors (Lipinski definition) is 5. The molecule has 2 heterocycles. The Hall–Kier alpha value is -3.47. The van der Waals surface area contributed by atoms with E-state index in [1.807, 2.05) is 42.5 Å². The van der Waals surface area contributed by atoms with E-state index in [-0.39, 0.29) is 0 Å². The molecule has 2 aromatic carbocycles. The highest BCUT2D eigenvalue weighted by molar-refractivity contribution is 5.84. The number of oxazole rings is 1. The van der Waals surface area contributed by atoms with Gasteiger partial charge in [-0.3, -0.25) is 0 Å². The molecule has 0 amide bonds. The molecule has 0 bridgehead atoms. The van der Waals surface area contributed by atoms with Gasteiger partial charge < -0.3 is 15.6 Å². The lowest BCUT2D eigenvalue weighted by atomic mass is 9.99. The van der Waals surface area contributed by atoms with Crippen molar-refractivity contribution in [1.82, 2.24) is 9.97 Å². The van der Waals surface area contributed by atoms with Gasteiger partial charge >= 0.3 is 0 Å². The Morgan fingerprint density at radius 1 is 1.07 bits per heavy atom. The molecule has 0 saturated heterocycles. The minimum absolute atomic E-state index is 0.385. The minimum atomic E-state index is 0.385. The van der Waals surface area contributed by atoms with Gasteiger partial charge in [0.2, 0.25) is 5.89 Å². The highest BCUT2D eigenvalue weighted by Crippen LogP contribution is 2.31. The summed E-state index contributed by atoms with van der Waals surface area (Å²) in [5.74, 6) is 0.852. The highest BCUT2D eigenvalue weighted by Gasteiger charge is 2.14. The van der Waals surface area contributed by atoms with E-state index in [1.165, 1.54) is 0 Å². The predicted octanol–water partition coefficient (Wildman–Crippen LogP) is 5.50. The number of anilines is 1. The smallest absolute Gasteiger partial charge is 0.231 e. The number of para-hydroxylation sites is 2. The first kappa shape index (κ1) is 17.9. The topological polar surface area (TPSA) is 88.8 Å². The molecular weight excluding hydrogens is 348 g/mol. The van der Waals surface area contributed by atoms with Crippen LogP contribution in [0.1, 0.15) is 25.3 Å². The number of nitrogens with two attached hydrogens (primary N) is 1. The van der Waals surface area contributed by atoms with Crippen molar-refractivity contribution in [2.45, 2.75) is 26.2 Å². The average molecular weight is 370 g/mol. The third kappa shape index (κ3) is 3.64. The molecule has 2 aromatic heterocycles. The predicted molar refractivity (Wildman–Crippen MR) is 113 cm³/mol. The molecule has 5 heteroatoms. The monoisotopic (exact) mass is 370 g/mol. The second kappa shape index (κ2) is 7.64. The Balaban J connectivity index is 1.70. The molecule has 5 nitrogen and oxygen atoms in total. The molecule has 0 radical (unpaired) electrons. The summed E-state index contributed by atoms with van der Waals surface area (Å²) in [6, 6.07) is 17.8. The van der Waals surface area contributed by atoms with Crippen molar-refractivity contribution in [2.24, 2.45) is 0 Å². The standard InChI is InChI=1S/C23H22N4O/c1-2-6-18(24)12-15-7-5-8-16(11-15)17-13-19(22(25)26-14-17)23-27-20-9-3-4-10-21(20)28-23/h3-5,7-11,13-14,24H,2,6,12H2,1H3,(H2,25,26). The van der Waals surface area contributed by atoms with Gasteiger partial charge in [-0.15, -0.1) is 0 Å². The maximum Gasteiger partial charge on any atom is 0.231 e. The quantitative estimate of drug-likeness (QED) is 0.439. The number of nitrogen functional groups attached to an aromatic ring is 1. The molecule has 0 unspecified atom stereocenters. The van der Waals surface area contributed by atoms with Crippen LogP contribution in [0.25, 0.3) is 33.7 Å². The van der Waals surface area contributed by atoms with Gasteiger partial charge in [0, 0.05) is 23.9 Å². The normalized spacial score (nSPS) is 11.0. The Kier molecular flexibility index (Phi) is 4.89. The summed E-state index contributed by atoms with van der Waals surface area (Å²) in [4.78, 5) is 8.90. The Morgan fingerprint density at radius 2 is 1.93 bits per heavy atom. The third-order valence-corrected chi connectivity index (χ3v) is 4.67. The largest absolute Gasteiger partial charge is 0.436 e. The summed E-state index contributed by atoms with van der Waals surface area (Å²) >= 11 is 0. The summed E-state index contributed by atoms with van der Waals surface area (Å²) in [5.41, 5.74) is 12.1. The van der Waals surface area contributed by atoms with E-state index in [2.05, 4.69) is 29.0 Å². The molecule has 3 N–H and O–H groups in total. The SMILES string of the molecule is CCCC(=N)Cc1cccc(-c2cnc(N)c(-c3nc4ccccc4o3)c2)c1. The number of nitrogens with zero attached hydrogens (tertiary/aromatic N) is 2. The van der Waals surface area contributed by atoms with Gasteiger partial charge in [-0.05, 0) is 35.7 Å². The number of benzene rings is 2. The van der Waals surface area contributed by atoms with Crippen LogP contribution >= 0.6 is 0 Å². The maximum absolute atomic E-state index is 8.08. The van der Waals surface area contributed by atoms with Crippen LogP contribution < -0.4 is 5.73 Å². The molecule has 0 aliphatic carbocycles. The zero-order valence-corrected chi connectivity index (χ0v) is 15.8. The molecule has 0 aliphatic rings. The van der Waals surface area contributed by atoms with Crippen LogP contribution in [0.2, 0.25) is 0 Å². The first-order chi connectivity index (χ1) is 13.6. The Labute approximate surface area is 163 Å². The van der Waals surface area contributed by atoms with Crippen molar-refractivity contribution in [3.63, 3.8) is 0 Å². The number of rotatable bonds is 6. The summed E-state index contributed by atoms with van der Waals surface area (Å²) < 4.78 is 5.87. The van der Waals surface area contributed by atoms with Crippen LogP contribution in [0, 0.1) is 5.41 Å². The van der Waals surface area contributed by atoms with E-state index in [0.29, 0.717) is 23.7 Å². The van der Waals surface area contributed by atoms with Gasteiger partial charge in [0.15, 0.2) is 5.58 Å². The first-order valence-electron chi connectivity index (χ1n) is 9.41. The van der Waals surface area contributed by atoms with Crippen LogP contribution in [-0.4, -0.2) is 15.7 Å². The lowest BCUT2D eigenvalue weighted by molar-refractivity contribution is 0.620. The van der Waals surface area contributed by atoms with Crippen LogP contribution in [-0.2, 0) is 6.42 Å². The number of pyridine rings is 1. The molecular formula is C23H22N4O. The van der Waals surface area contributed by atoms with E-state index in [9.17, 15) is 0 Å². The van der Waals surface area contributed by atoms with Gasteiger partial charge in [0.05, 0.1) is 5.56 Å². The lowest BCUT2D eigenvalue weighted by Gasteiger charge is -2.08. The van der Waals surface area contributed by atoms with Crippen LogP contribution in [0.4, 0.5) is 5.82 Å². The van der Waals surface area contributed by atoms with Crippen molar-refractivity contribution in [3.05, 3.63) is 66.4 Å². The summed E-state index contributed by atoms with van der Waals surface area (Å²) in [6.07, 6.45) is 4.25. The fourth-order valence-electron chi connectivity index (χ4n) is 3.29. The van der Waals surface area contributed by atoms with E-state index in [0.717, 1.165) is 46.3 Å². The number of aromatic nitrogens is 2. The molecule has 0 saturated carbocycles. The number of hydrogen-bond donors (Lipinski definition) is 2. The second-order valence-electron chi connectivity index (χ2n) is 6.87. The summed E-state index contributed by atoms with van der Waals surface area (Å²) in [5, 5.41) is 8.08. The third-order valence-electron chi connectivity index (χ3n) is 4.67. The minimum Gasteiger partial charge on any atom is -0.436 e. The van der Waals surface area contributed by atoms with Crippen LogP contribution in [0.3, 0.4) is 0 Å². The van der Waals surface area contributed by atoms with Crippen molar-refractivity contribution in [3.8, 4) is 22.6 Å². The van der Waals surface area contributed by atoms with Crippen molar-refractivity contribution in [2.75, 3.05) is 5.73 Å². The molecule has 28 heavy (non-hydrogen) atoms. The number of fused-ring (bicyclic) bond motifs is 1. The molecule has 0 aliphatic heterocycles. The fourth-order valence-corrected chi connectivity index (χ4v) is 3.29. The average Bonchev–Trinajstić information content (AvgIpc) is 3.12. The lowest BCUT2D eigenvalue weighted by Crippen LogP contribution is -2.01. The first-order valence-corrected chi connectivity index (χ1v) is 9.41. The molecule has 0 fully saturated rings. The molecule has 140 valence electrons. The van der Waals surface area contributed by atoms with Gasteiger partial charge in [-0.1, -0.05) is 49.7 Å². The van der Waals surface area contributed by atoms with Crippen molar-refractivity contribution >= 4 is 22.6 Å². The maximum atomic E-state index is 8.08. The van der Waals surface area contributed by atoms with Crippen LogP contribution in [0.15, 0.2) is 65.2 Å². The van der Waals surface area contributed by atoms with E-state index < -0.39 is 0 Å². The van der Waals surface area contributed by atoms with Gasteiger partial charge in [-0.2, -0.15) is 0 Å². The molecule has 4 rings (SSSR count). The van der Waals surface area contributed by atoms with Crippen molar-refractivity contribution in [1.29, 1.82) is 5.41 Å². The summed E-state index contributed by atoms with van der Waals surface area (Å²) in [6.45, 7) is 2.10. The van der Waals surface area contributed by atoms with E-state index >= 15 is 0 Å². The van der Waals surface area contributed by atoms with Gasteiger partial charge in [-0.25, -0.2) is 9.97 Å². The van der Waals surface area contributed by atoms with Crippen molar-refractivity contribution < 1.29 is 4.42 Å². The summed E-state index contributed by atoms with van der Waals surface area (Å²) in [7, 11) is 0. The second-order valence-corrected chi connectivity index (χ2v) is 6.87. The van der Waals surface area contributed by atoms with Crippen LogP contribution in [0.5, 0.6) is 0 Å². The highest BCUT2D eigenvalue weighted by atomic mass is 16.3. The zero-order valence-electron chi connectivity index (χ0n) is 15.8. The van der Waals surface area contributed by atoms with Gasteiger partial charge in [0.1, 0.15) is 11.3 Å². The zero-order chi connectivity index (χ0) is 19.5. The fraction of sp³-hybridized carbons (Fsp3) is 0.174. The number of nitrogens with one attached hydrogen (secondary N) is 1. The Morgan fingerprint density at radius 3 is 2.75 bits per heavy atom. The molecule has 0 spiro atoms. The van der Waals surface area contributed by atoms with E-state index in [4.69, 9.17) is 15.6 Å². The Bertz CT molecular complexity index is 1110.